The first-order valence-electron chi connectivity index (χ1n) is 22.0. The number of nitrogens with zero attached hydrogens (tertiary/aromatic N) is 2. The van der Waals surface area contributed by atoms with Crippen LogP contribution in [0.4, 0.5) is 0 Å². The molecule has 0 saturated heterocycles. The van der Waals surface area contributed by atoms with Gasteiger partial charge in [-0.05, 0) is 115 Å². The van der Waals surface area contributed by atoms with E-state index in [9.17, 15) is 0 Å². The second kappa shape index (κ2) is 15.0. The van der Waals surface area contributed by atoms with Crippen LogP contribution in [0.3, 0.4) is 0 Å². The van der Waals surface area contributed by atoms with Gasteiger partial charge in [0.25, 0.3) is 0 Å². The van der Waals surface area contributed by atoms with Crippen LogP contribution in [0.15, 0.2) is 223 Å². The van der Waals surface area contributed by atoms with Crippen molar-refractivity contribution in [3.05, 3.63) is 230 Å². The fourth-order valence-corrected chi connectivity index (χ4v) is 9.68. The highest BCUT2D eigenvalue weighted by molar-refractivity contribution is 6.06. The molecule has 302 valence electrons. The molecule has 3 heteroatoms. The Morgan fingerprint density at radius 3 is 1.55 bits per heavy atom. The summed E-state index contributed by atoms with van der Waals surface area (Å²) in [5.74, 6) is 0.683. The van der Waals surface area contributed by atoms with Crippen LogP contribution in [0.2, 0.25) is 0 Å². The van der Waals surface area contributed by atoms with Crippen LogP contribution in [-0.2, 0) is 5.41 Å². The Hall–Kier alpha value is -8.14. The number of para-hydroxylation sites is 1. The summed E-state index contributed by atoms with van der Waals surface area (Å²) >= 11 is 0. The zero-order valence-electron chi connectivity index (χ0n) is 35.6. The lowest BCUT2D eigenvalue weighted by Gasteiger charge is -2.22. The minimum Gasteiger partial charge on any atom is -0.456 e. The molecule has 0 unspecified atom stereocenters. The third-order valence-electron chi connectivity index (χ3n) is 13.1. The zero-order chi connectivity index (χ0) is 42.8. The third-order valence-corrected chi connectivity index (χ3v) is 13.1. The first-order valence-corrected chi connectivity index (χ1v) is 22.0. The van der Waals surface area contributed by atoms with Gasteiger partial charge in [-0.25, -0.2) is 9.97 Å². The lowest BCUT2D eigenvalue weighted by molar-refractivity contribution is 0.660. The monoisotopic (exact) mass is 818 g/mol. The Kier molecular flexibility index (Phi) is 8.84. The van der Waals surface area contributed by atoms with Crippen molar-refractivity contribution in [1.29, 1.82) is 0 Å². The summed E-state index contributed by atoms with van der Waals surface area (Å²) in [5.41, 5.74) is 21.1. The van der Waals surface area contributed by atoms with Crippen molar-refractivity contribution in [2.45, 2.75) is 19.3 Å². The van der Waals surface area contributed by atoms with E-state index in [0.29, 0.717) is 5.82 Å². The Labute approximate surface area is 373 Å². The number of furan rings is 1. The predicted octanol–water partition coefficient (Wildman–Crippen LogP) is 16.4. The molecule has 64 heavy (non-hydrogen) atoms. The smallest absolute Gasteiger partial charge is 0.160 e. The molecule has 0 bridgehead atoms. The van der Waals surface area contributed by atoms with E-state index in [1.54, 1.807) is 0 Å². The van der Waals surface area contributed by atoms with E-state index in [2.05, 4.69) is 202 Å². The zero-order valence-corrected chi connectivity index (χ0v) is 35.6. The van der Waals surface area contributed by atoms with Crippen molar-refractivity contribution in [1.82, 2.24) is 9.97 Å². The molecule has 2 heterocycles. The number of aromatic nitrogens is 2. The Balaban J connectivity index is 0.979. The number of benzene rings is 9. The van der Waals surface area contributed by atoms with Crippen LogP contribution >= 0.6 is 0 Å². The highest BCUT2D eigenvalue weighted by atomic mass is 16.3. The molecule has 12 rings (SSSR count). The van der Waals surface area contributed by atoms with Crippen molar-refractivity contribution in [3.8, 4) is 89.5 Å². The quantitative estimate of drug-likeness (QED) is 0.161. The van der Waals surface area contributed by atoms with E-state index >= 15 is 0 Å². The molecule has 9 aromatic carbocycles. The minimum atomic E-state index is -0.0593. The van der Waals surface area contributed by atoms with Crippen LogP contribution in [0, 0.1) is 0 Å². The molecule has 0 atom stereocenters. The topological polar surface area (TPSA) is 38.9 Å². The number of hydrogen-bond acceptors (Lipinski definition) is 3. The molecule has 0 aliphatic heterocycles. The van der Waals surface area contributed by atoms with E-state index in [1.165, 1.54) is 44.5 Å². The first-order chi connectivity index (χ1) is 31.4. The van der Waals surface area contributed by atoms with E-state index < -0.39 is 0 Å². The van der Waals surface area contributed by atoms with Crippen molar-refractivity contribution >= 4 is 21.9 Å². The molecule has 0 spiro atoms. The van der Waals surface area contributed by atoms with Gasteiger partial charge >= 0.3 is 0 Å². The van der Waals surface area contributed by atoms with E-state index in [4.69, 9.17) is 14.4 Å². The van der Waals surface area contributed by atoms with Gasteiger partial charge in [-0.3, -0.25) is 0 Å². The Morgan fingerprint density at radius 2 is 0.797 bits per heavy atom. The van der Waals surface area contributed by atoms with Crippen LogP contribution in [-0.4, -0.2) is 9.97 Å². The van der Waals surface area contributed by atoms with E-state index in [-0.39, 0.29) is 5.41 Å². The minimum absolute atomic E-state index is 0.0593. The van der Waals surface area contributed by atoms with Crippen LogP contribution in [0.5, 0.6) is 0 Å². The first kappa shape index (κ1) is 37.6. The number of hydrogen-bond donors (Lipinski definition) is 0. The van der Waals surface area contributed by atoms with E-state index in [1.807, 2.05) is 30.3 Å². The Bertz CT molecular complexity index is 3550. The van der Waals surface area contributed by atoms with Crippen LogP contribution in [0.25, 0.3) is 111 Å². The largest absolute Gasteiger partial charge is 0.456 e. The summed E-state index contributed by atoms with van der Waals surface area (Å²) in [6.07, 6.45) is 0. The summed E-state index contributed by atoms with van der Waals surface area (Å²) < 4.78 is 6.24. The van der Waals surface area contributed by atoms with Crippen molar-refractivity contribution in [2.24, 2.45) is 0 Å². The molecule has 11 aromatic rings. The summed E-state index contributed by atoms with van der Waals surface area (Å²) in [4.78, 5) is 10.5. The second-order valence-electron chi connectivity index (χ2n) is 17.4. The van der Waals surface area contributed by atoms with Gasteiger partial charge in [0.2, 0.25) is 0 Å². The van der Waals surface area contributed by atoms with E-state index in [0.717, 1.165) is 72.3 Å². The molecule has 0 saturated carbocycles. The molecule has 1 aliphatic rings. The number of rotatable bonds is 7. The van der Waals surface area contributed by atoms with Crippen molar-refractivity contribution in [2.75, 3.05) is 0 Å². The summed E-state index contributed by atoms with van der Waals surface area (Å²) in [5, 5.41) is 2.21. The second-order valence-corrected chi connectivity index (χ2v) is 17.4. The fourth-order valence-electron chi connectivity index (χ4n) is 9.68. The molecule has 0 amide bonds. The average molecular weight is 819 g/mol. The van der Waals surface area contributed by atoms with Crippen LogP contribution in [0.1, 0.15) is 25.0 Å². The van der Waals surface area contributed by atoms with Gasteiger partial charge in [-0.15, -0.1) is 0 Å². The lowest BCUT2D eigenvalue weighted by atomic mass is 9.81. The van der Waals surface area contributed by atoms with Gasteiger partial charge in [-0.1, -0.05) is 184 Å². The Morgan fingerprint density at radius 1 is 0.312 bits per heavy atom. The molecule has 0 N–H and O–H groups in total. The SMILES string of the molecule is CC1(C)c2ccccc2-c2ccc(-c3ccc(-c4cc(-c5cc(-c6ccc(-c7ccccc7)cc6)cc(-c6ccc7oc8ccccc8c7c6)c5)nc(-c5ccccc5)n4)cc3)cc21. The van der Waals surface area contributed by atoms with Crippen LogP contribution < -0.4 is 0 Å². The van der Waals surface area contributed by atoms with Crippen molar-refractivity contribution in [3.63, 3.8) is 0 Å². The standard InChI is InChI=1S/C61H42N2O/c1-61(2)54-19-11-9-17-50(54)51-31-29-46(37-55(51)61)41-25-27-43(28-26-41)56-38-57(63-60(62-56)44-15-7-4-8-16-44)49-34-47(42-23-21-40(22-24-42)39-13-5-3-6-14-39)33-48(35-49)45-30-32-59-53(36-45)52-18-10-12-20-58(52)64-59/h3-38H,1-2H3. The maximum atomic E-state index is 6.24. The van der Waals surface area contributed by atoms with Gasteiger partial charge in [-0.2, -0.15) is 0 Å². The fraction of sp³-hybridized carbons (Fsp3) is 0.0492. The summed E-state index contributed by atoms with van der Waals surface area (Å²) in [7, 11) is 0. The normalized spacial score (nSPS) is 12.7. The maximum absolute atomic E-state index is 6.24. The average Bonchev–Trinajstić information content (AvgIpc) is 3.85. The molecular weight excluding hydrogens is 777 g/mol. The molecule has 1 aliphatic carbocycles. The molecule has 0 radical (unpaired) electrons. The molecule has 2 aromatic heterocycles. The van der Waals surface area contributed by atoms with Gasteiger partial charge in [0, 0.05) is 32.9 Å². The predicted molar refractivity (Wildman–Crippen MR) is 265 cm³/mol. The van der Waals surface area contributed by atoms with Gasteiger partial charge < -0.3 is 4.42 Å². The summed E-state index contributed by atoms with van der Waals surface area (Å²) in [6, 6.07) is 78.0. The molecule has 0 fully saturated rings. The molecular formula is C61H42N2O. The van der Waals surface area contributed by atoms with Gasteiger partial charge in [0.1, 0.15) is 11.2 Å². The van der Waals surface area contributed by atoms with Crippen molar-refractivity contribution < 1.29 is 4.42 Å². The summed E-state index contributed by atoms with van der Waals surface area (Å²) in [6.45, 7) is 4.67. The van der Waals surface area contributed by atoms with Gasteiger partial charge in [0.15, 0.2) is 5.82 Å². The third kappa shape index (κ3) is 6.53. The lowest BCUT2D eigenvalue weighted by Crippen LogP contribution is -2.14. The van der Waals surface area contributed by atoms with Gasteiger partial charge in [0.05, 0.1) is 11.4 Å². The molecule has 3 nitrogen and oxygen atoms in total. The number of fused-ring (bicyclic) bond motifs is 6. The highest BCUT2D eigenvalue weighted by Gasteiger charge is 2.35. The highest BCUT2D eigenvalue weighted by Crippen LogP contribution is 2.49. The maximum Gasteiger partial charge on any atom is 0.160 e.